The Morgan fingerprint density at radius 2 is 1.80 bits per heavy atom. The number of nitrogens with one attached hydrogen (secondary N) is 2. The first-order chi connectivity index (χ1) is 14.3. The predicted molar refractivity (Wildman–Crippen MR) is 113 cm³/mol. The van der Waals surface area contributed by atoms with Gasteiger partial charge in [0.2, 0.25) is 11.8 Å². The van der Waals surface area contributed by atoms with Gasteiger partial charge in [0, 0.05) is 19.0 Å². The van der Waals surface area contributed by atoms with Crippen LogP contribution in [0.3, 0.4) is 0 Å². The maximum Gasteiger partial charge on any atom is 0.325 e. The molecule has 2 fully saturated rings. The zero-order valence-corrected chi connectivity index (χ0v) is 17.4. The normalized spacial score (nSPS) is 19.0. The molecule has 2 saturated heterocycles. The third-order valence-electron chi connectivity index (χ3n) is 6.17. The first-order valence-electron chi connectivity index (χ1n) is 10.4. The van der Waals surface area contributed by atoms with Gasteiger partial charge < -0.3 is 21.3 Å². The summed E-state index contributed by atoms with van der Waals surface area (Å²) in [5, 5.41) is 5.55. The number of carbonyl (C=O) groups excluding carboxylic acids is 4. The van der Waals surface area contributed by atoms with Gasteiger partial charge in [-0.3, -0.25) is 19.3 Å². The monoisotopic (exact) mass is 415 g/mol. The van der Waals surface area contributed by atoms with Gasteiger partial charge in [-0.1, -0.05) is 26.0 Å². The first kappa shape index (κ1) is 21.6. The second-order valence-corrected chi connectivity index (χ2v) is 7.84. The minimum atomic E-state index is -0.931. The van der Waals surface area contributed by atoms with Crippen LogP contribution in [0.15, 0.2) is 24.3 Å². The van der Waals surface area contributed by atoms with Gasteiger partial charge in [0.25, 0.3) is 5.91 Å². The molecule has 0 unspecified atom stereocenters. The van der Waals surface area contributed by atoms with E-state index in [0.29, 0.717) is 44.5 Å². The summed E-state index contributed by atoms with van der Waals surface area (Å²) >= 11 is 0. The number of rotatable bonds is 7. The lowest BCUT2D eigenvalue weighted by Gasteiger charge is -2.33. The van der Waals surface area contributed by atoms with E-state index < -0.39 is 17.5 Å². The van der Waals surface area contributed by atoms with Crippen molar-refractivity contribution in [2.24, 2.45) is 11.7 Å². The van der Waals surface area contributed by atoms with Gasteiger partial charge in [-0.2, -0.15) is 0 Å². The van der Waals surface area contributed by atoms with E-state index >= 15 is 0 Å². The van der Waals surface area contributed by atoms with Gasteiger partial charge >= 0.3 is 6.03 Å². The van der Waals surface area contributed by atoms with E-state index in [1.807, 2.05) is 32.0 Å². The van der Waals surface area contributed by atoms with Crippen molar-refractivity contribution in [1.29, 1.82) is 0 Å². The van der Waals surface area contributed by atoms with Crippen LogP contribution in [-0.4, -0.2) is 53.8 Å². The number of benzene rings is 1. The van der Waals surface area contributed by atoms with E-state index in [9.17, 15) is 19.2 Å². The summed E-state index contributed by atoms with van der Waals surface area (Å²) in [5.41, 5.74) is 5.91. The van der Waals surface area contributed by atoms with E-state index in [0.717, 1.165) is 10.6 Å². The Kier molecular flexibility index (Phi) is 6.28. The lowest BCUT2D eigenvalue weighted by molar-refractivity contribution is -0.134. The fourth-order valence-electron chi connectivity index (χ4n) is 4.14. The molecule has 30 heavy (non-hydrogen) atoms. The van der Waals surface area contributed by atoms with Crippen molar-refractivity contribution in [1.82, 2.24) is 10.2 Å². The van der Waals surface area contributed by atoms with Crippen molar-refractivity contribution < 1.29 is 19.2 Å². The van der Waals surface area contributed by atoms with Crippen molar-refractivity contribution >= 4 is 35.1 Å². The maximum absolute atomic E-state index is 12.7. The minimum absolute atomic E-state index is 0.125. The molecular weight excluding hydrogens is 386 g/mol. The van der Waals surface area contributed by atoms with Crippen LogP contribution in [0, 0.1) is 5.92 Å². The van der Waals surface area contributed by atoms with Gasteiger partial charge in [0.05, 0.1) is 11.4 Å². The Hall–Kier alpha value is -3.10. The van der Waals surface area contributed by atoms with Crippen molar-refractivity contribution in [2.45, 2.75) is 45.1 Å². The fourth-order valence-corrected chi connectivity index (χ4v) is 4.14. The largest absolute Gasteiger partial charge is 0.370 e. The number of hydrogen-bond donors (Lipinski definition) is 3. The molecule has 0 aromatic heterocycles. The topological polar surface area (TPSA) is 125 Å². The van der Waals surface area contributed by atoms with E-state index in [4.69, 9.17) is 5.73 Å². The second-order valence-electron chi connectivity index (χ2n) is 7.84. The number of nitrogens with two attached hydrogens (primary N) is 1. The highest BCUT2D eigenvalue weighted by molar-refractivity contribution is 6.10. The molecule has 1 aromatic rings. The Morgan fingerprint density at radius 1 is 1.17 bits per heavy atom. The summed E-state index contributed by atoms with van der Waals surface area (Å²) in [4.78, 5) is 52.1. The van der Waals surface area contributed by atoms with Crippen LogP contribution in [0.5, 0.6) is 0 Å². The fraction of sp³-hybridized carbons (Fsp3) is 0.524. The Balaban J connectivity index is 1.68. The molecule has 162 valence electrons. The van der Waals surface area contributed by atoms with Crippen LogP contribution in [-0.2, 0) is 14.4 Å². The molecule has 2 heterocycles. The van der Waals surface area contributed by atoms with Crippen LogP contribution in [0.1, 0.15) is 39.5 Å². The number of imide groups is 1. The molecule has 9 nitrogen and oxygen atoms in total. The number of piperidine rings is 1. The lowest BCUT2D eigenvalue weighted by Crippen LogP contribution is -2.46. The molecule has 2 aliphatic rings. The number of primary amides is 1. The minimum Gasteiger partial charge on any atom is -0.370 e. The average molecular weight is 415 g/mol. The van der Waals surface area contributed by atoms with Crippen molar-refractivity contribution in [2.75, 3.05) is 29.9 Å². The average Bonchev–Trinajstić information content (AvgIpc) is 2.99. The molecule has 1 aromatic carbocycles. The zero-order chi connectivity index (χ0) is 21.9. The van der Waals surface area contributed by atoms with E-state index in [1.54, 1.807) is 6.07 Å². The molecule has 0 aliphatic carbocycles. The number of carbonyl (C=O) groups is 4. The molecule has 3 rings (SSSR count). The summed E-state index contributed by atoms with van der Waals surface area (Å²) in [6, 6.07) is 6.82. The van der Waals surface area contributed by atoms with E-state index in [1.165, 1.54) is 0 Å². The predicted octanol–water partition coefficient (Wildman–Crippen LogP) is 1.44. The number of anilines is 2. The Labute approximate surface area is 175 Å². The summed E-state index contributed by atoms with van der Waals surface area (Å²) in [7, 11) is 0. The van der Waals surface area contributed by atoms with Crippen LogP contribution < -0.4 is 21.3 Å². The molecule has 9 heteroatoms. The Morgan fingerprint density at radius 3 is 2.37 bits per heavy atom. The molecule has 0 spiro atoms. The molecule has 2 aliphatic heterocycles. The molecule has 4 N–H and O–H groups in total. The number of nitrogens with zero attached hydrogens (tertiary/aromatic N) is 2. The van der Waals surface area contributed by atoms with Gasteiger partial charge in [-0.25, -0.2) is 4.79 Å². The third kappa shape index (κ3) is 4.10. The maximum atomic E-state index is 12.7. The molecule has 0 radical (unpaired) electrons. The van der Waals surface area contributed by atoms with Crippen LogP contribution in [0.4, 0.5) is 16.2 Å². The van der Waals surface area contributed by atoms with Gasteiger partial charge in [-0.15, -0.1) is 0 Å². The summed E-state index contributed by atoms with van der Waals surface area (Å²) in [6.45, 7) is 4.64. The Bertz CT molecular complexity index is 844. The smallest absolute Gasteiger partial charge is 0.325 e. The number of hydrogen-bond acceptors (Lipinski definition) is 5. The van der Waals surface area contributed by atoms with Crippen molar-refractivity contribution in [3.63, 3.8) is 0 Å². The quantitative estimate of drug-likeness (QED) is 0.581. The number of para-hydroxylation sites is 2. The van der Waals surface area contributed by atoms with Crippen LogP contribution >= 0.6 is 0 Å². The van der Waals surface area contributed by atoms with Crippen LogP contribution in [0.25, 0.3) is 0 Å². The SMILES string of the molecule is CCC1(CC)NC(=O)N(CC(=O)Nc2ccccc2N2CCC(C(N)=O)CC2)C1=O. The van der Waals surface area contributed by atoms with Gasteiger partial charge in [0.1, 0.15) is 12.1 Å². The van der Waals surface area contributed by atoms with Gasteiger partial charge in [-0.05, 0) is 37.8 Å². The lowest BCUT2D eigenvalue weighted by atomic mass is 9.93. The first-order valence-corrected chi connectivity index (χ1v) is 10.4. The number of urea groups is 1. The highest BCUT2D eigenvalue weighted by atomic mass is 16.2. The van der Waals surface area contributed by atoms with Crippen molar-refractivity contribution in [3.05, 3.63) is 24.3 Å². The zero-order valence-electron chi connectivity index (χ0n) is 17.4. The van der Waals surface area contributed by atoms with E-state index in [-0.39, 0.29) is 24.3 Å². The second kappa shape index (κ2) is 8.73. The summed E-state index contributed by atoms with van der Waals surface area (Å²) in [5.74, 6) is -1.21. The molecule has 0 atom stereocenters. The summed E-state index contributed by atoms with van der Waals surface area (Å²) in [6.07, 6.45) is 2.26. The van der Waals surface area contributed by atoms with Gasteiger partial charge in [0.15, 0.2) is 0 Å². The standard InChI is InChI=1S/C21H29N5O4/c1-3-21(4-2)19(29)26(20(30)24-21)13-17(27)23-15-7-5-6-8-16(15)25-11-9-14(10-12-25)18(22)28/h5-8,14H,3-4,9-13H2,1-2H3,(H2,22,28)(H,23,27)(H,24,30). The van der Waals surface area contributed by atoms with E-state index in [2.05, 4.69) is 15.5 Å². The molecule has 0 saturated carbocycles. The molecular formula is C21H29N5O4. The highest BCUT2D eigenvalue weighted by Gasteiger charge is 2.49. The van der Waals surface area contributed by atoms with Crippen molar-refractivity contribution in [3.8, 4) is 0 Å². The highest BCUT2D eigenvalue weighted by Crippen LogP contribution is 2.30. The molecule has 5 amide bonds. The summed E-state index contributed by atoms with van der Waals surface area (Å²) < 4.78 is 0. The molecule has 0 bridgehead atoms. The van der Waals surface area contributed by atoms with Crippen LogP contribution in [0.2, 0.25) is 0 Å². The third-order valence-corrected chi connectivity index (χ3v) is 6.17. The number of amides is 5.